The van der Waals surface area contributed by atoms with Crippen LogP contribution in [0.3, 0.4) is 0 Å². The summed E-state index contributed by atoms with van der Waals surface area (Å²) in [5, 5.41) is 10.9. The fourth-order valence-electron chi connectivity index (χ4n) is 2.83. The molecule has 0 radical (unpaired) electrons. The largest absolute Gasteiger partial charge is 0.356 e. The van der Waals surface area contributed by atoms with E-state index in [-0.39, 0.29) is 11.9 Å². The fourth-order valence-corrected chi connectivity index (χ4v) is 2.83. The number of nitrogens with one attached hydrogen (secondary N) is 2. The van der Waals surface area contributed by atoms with Crippen molar-refractivity contribution in [1.82, 2.24) is 10.5 Å². The first-order chi connectivity index (χ1) is 9.24. The molecular formula is C14H15N3O2. The van der Waals surface area contributed by atoms with Crippen molar-refractivity contribution in [3.63, 3.8) is 0 Å². The van der Waals surface area contributed by atoms with Crippen LogP contribution >= 0.6 is 0 Å². The SMILES string of the molecule is O=C(Nc1ccc2cnoc2c1)[C@@H]1CC2(CC2)CN1. The van der Waals surface area contributed by atoms with Crippen molar-refractivity contribution in [1.29, 1.82) is 0 Å². The number of hydrogen-bond acceptors (Lipinski definition) is 4. The number of carbonyl (C=O) groups is 1. The molecule has 19 heavy (non-hydrogen) atoms. The van der Waals surface area contributed by atoms with E-state index in [1.165, 1.54) is 12.8 Å². The van der Waals surface area contributed by atoms with E-state index in [1.54, 1.807) is 6.20 Å². The number of aromatic nitrogens is 1. The highest BCUT2D eigenvalue weighted by Gasteiger charge is 2.49. The third-order valence-corrected chi connectivity index (χ3v) is 4.26. The van der Waals surface area contributed by atoms with Crippen molar-refractivity contribution in [2.45, 2.75) is 25.3 Å². The fraction of sp³-hybridized carbons (Fsp3) is 0.429. The summed E-state index contributed by atoms with van der Waals surface area (Å²) in [5.41, 5.74) is 1.88. The van der Waals surface area contributed by atoms with Gasteiger partial charge in [-0.2, -0.15) is 0 Å². The smallest absolute Gasteiger partial charge is 0.241 e. The summed E-state index contributed by atoms with van der Waals surface area (Å²) >= 11 is 0. The van der Waals surface area contributed by atoms with E-state index >= 15 is 0 Å². The highest BCUT2D eigenvalue weighted by Crippen LogP contribution is 2.51. The highest BCUT2D eigenvalue weighted by atomic mass is 16.5. The Balaban J connectivity index is 1.49. The maximum absolute atomic E-state index is 12.2. The zero-order valence-corrected chi connectivity index (χ0v) is 10.5. The van der Waals surface area contributed by atoms with Gasteiger partial charge in [0.2, 0.25) is 5.91 Å². The summed E-state index contributed by atoms with van der Waals surface area (Å²) < 4.78 is 5.09. The van der Waals surface area contributed by atoms with Crippen molar-refractivity contribution in [2.24, 2.45) is 5.41 Å². The van der Waals surface area contributed by atoms with Crippen molar-refractivity contribution in [2.75, 3.05) is 11.9 Å². The molecule has 2 aromatic rings. The van der Waals surface area contributed by atoms with Crippen LogP contribution in [-0.4, -0.2) is 23.7 Å². The quantitative estimate of drug-likeness (QED) is 0.862. The van der Waals surface area contributed by atoms with Crippen LogP contribution in [-0.2, 0) is 4.79 Å². The van der Waals surface area contributed by atoms with Gasteiger partial charge in [0.1, 0.15) is 0 Å². The number of rotatable bonds is 2. The molecule has 2 heterocycles. The van der Waals surface area contributed by atoms with Gasteiger partial charge in [0.05, 0.1) is 12.2 Å². The molecule has 5 nitrogen and oxygen atoms in total. The Hall–Kier alpha value is -1.88. The second-order valence-corrected chi connectivity index (χ2v) is 5.71. The van der Waals surface area contributed by atoms with Gasteiger partial charge in [-0.25, -0.2) is 0 Å². The van der Waals surface area contributed by atoms with E-state index in [9.17, 15) is 4.79 Å². The molecule has 2 aliphatic rings. The molecule has 1 aromatic carbocycles. The number of fused-ring (bicyclic) bond motifs is 1. The van der Waals surface area contributed by atoms with E-state index in [4.69, 9.17) is 4.52 Å². The lowest BCUT2D eigenvalue weighted by Gasteiger charge is -2.11. The van der Waals surface area contributed by atoms with Crippen LogP contribution in [0, 0.1) is 5.41 Å². The van der Waals surface area contributed by atoms with Gasteiger partial charge in [-0.05, 0) is 36.8 Å². The average molecular weight is 257 g/mol. The van der Waals surface area contributed by atoms with Gasteiger partial charge < -0.3 is 15.2 Å². The molecule has 1 spiro atoms. The van der Waals surface area contributed by atoms with E-state index in [1.807, 2.05) is 18.2 Å². The predicted octanol–water partition coefficient (Wildman–Crippen LogP) is 1.91. The van der Waals surface area contributed by atoms with Gasteiger partial charge in [-0.3, -0.25) is 4.79 Å². The molecule has 1 aliphatic carbocycles. The maximum atomic E-state index is 12.2. The summed E-state index contributed by atoms with van der Waals surface area (Å²) in [6.07, 6.45) is 5.14. The Bertz CT molecular complexity index is 645. The Morgan fingerprint density at radius 2 is 2.37 bits per heavy atom. The van der Waals surface area contributed by atoms with Gasteiger partial charge in [0.15, 0.2) is 5.58 Å². The van der Waals surface area contributed by atoms with Gasteiger partial charge in [0, 0.05) is 23.7 Å². The minimum absolute atomic E-state index is 0.0441. The molecule has 1 saturated heterocycles. The molecule has 0 bridgehead atoms. The number of anilines is 1. The lowest BCUT2D eigenvalue weighted by atomic mass is 10.0. The molecule has 1 aliphatic heterocycles. The van der Waals surface area contributed by atoms with E-state index < -0.39 is 0 Å². The van der Waals surface area contributed by atoms with E-state index in [0.717, 1.165) is 24.0 Å². The minimum atomic E-state index is -0.0621. The Morgan fingerprint density at radius 3 is 3.16 bits per heavy atom. The van der Waals surface area contributed by atoms with E-state index in [2.05, 4.69) is 15.8 Å². The first-order valence-electron chi connectivity index (χ1n) is 6.63. The zero-order valence-electron chi connectivity index (χ0n) is 10.5. The van der Waals surface area contributed by atoms with Crippen molar-refractivity contribution in [3.05, 3.63) is 24.4 Å². The predicted molar refractivity (Wildman–Crippen MR) is 70.7 cm³/mol. The number of benzene rings is 1. The Kier molecular flexibility index (Phi) is 2.20. The van der Waals surface area contributed by atoms with Crippen molar-refractivity contribution in [3.8, 4) is 0 Å². The molecule has 1 amide bonds. The third kappa shape index (κ3) is 1.90. The first kappa shape index (κ1) is 11.0. The van der Waals surface area contributed by atoms with Gasteiger partial charge in [0.25, 0.3) is 0 Å². The summed E-state index contributed by atoms with van der Waals surface area (Å²) in [5.74, 6) is 0.0441. The summed E-state index contributed by atoms with van der Waals surface area (Å²) in [6, 6.07) is 5.51. The Morgan fingerprint density at radius 1 is 1.47 bits per heavy atom. The van der Waals surface area contributed by atoms with Gasteiger partial charge in [-0.1, -0.05) is 5.16 Å². The van der Waals surface area contributed by atoms with Crippen LogP contribution in [0.25, 0.3) is 11.0 Å². The number of hydrogen-bond donors (Lipinski definition) is 2. The molecule has 98 valence electrons. The van der Waals surface area contributed by atoms with Crippen LogP contribution in [0.15, 0.2) is 28.9 Å². The molecule has 1 atom stereocenters. The lowest BCUT2D eigenvalue weighted by molar-refractivity contribution is -0.117. The molecule has 2 N–H and O–H groups in total. The number of amides is 1. The molecule has 4 rings (SSSR count). The van der Waals surface area contributed by atoms with Crippen LogP contribution in [0.2, 0.25) is 0 Å². The van der Waals surface area contributed by atoms with Crippen molar-refractivity contribution < 1.29 is 9.32 Å². The average Bonchev–Trinajstić information content (AvgIpc) is 2.84. The maximum Gasteiger partial charge on any atom is 0.241 e. The molecular weight excluding hydrogens is 242 g/mol. The number of carbonyl (C=O) groups excluding carboxylic acids is 1. The van der Waals surface area contributed by atoms with Crippen molar-refractivity contribution >= 4 is 22.6 Å². The number of nitrogens with zero attached hydrogens (tertiary/aromatic N) is 1. The monoisotopic (exact) mass is 257 g/mol. The van der Waals surface area contributed by atoms with Crippen LogP contribution in [0.5, 0.6) is 0 Å². The summed E-state index contributed by atoms with van der Waals surface area (Å²) in [4.78, 5) is 12.2. The standard InChI is InChI=1S/C14H15N3O2/c18-13(11-6-14(3-4-14)8-15-11)17-10-2-1-9-7-16-19-12(9)5-10/h1-2,5,7,11,15H,3-4,6,8H2,(H,17,18)/t11-/m0/s1. The third-order valence-electron chi connectivity index (χ3n) is 4.26. The molecule has 2 fully saturated rings. The van der Waals surface area contributed by atoms with Gasteiger partial charge in [-0.15, -0.1) is 0 Å². The topological polar surface area (TPSA) is 67.2 Å². The van der Waals surface area contributed by atoms with Crippen LogP contribution in [0.1, 0.15) is 19.3 Å². The molecule has 0 unspecified atom stereocenters. The van der Waals surface area contributed by atoms with Gasteiger partial charge >= 0.3 is 0 Å². The molecule has 5 heteroatoms. The van der Waals surface area contributed by atoms with E-state index in [0.29, 0.717) is 11.0 Å². The molecule has 1 aromatic heterocycles. The first-order valence-corrected chi connectivity index (χ1v) is 6.63. The second kappa shape index (κ2) is 3.81. The highest BCUT2D eigenvalue weighted by molar-refractivity contribution is 5.96. The summed E-state index contributed by atoms with van der Waals surface area (Å²) in [6.45, 7) is 0.978. The minimum Gasteiger partial charge on any atom is -0.356 e. The lowest BCUT2D eigenvalue weighted by Crippen LogP contribution is -2.35. The van der Waals surface area contributed by atoms with Crippen LogP contribution in [0.4, 0.5) is 5.69 Å². The molecule has 1 saturated carbocycles. The normalized spacial score (nSPS) is 23.9. The second-order valence-electron chi connectivity index (χ2n) is 5.71. The Labute approximate surface area is 110 Å². The zero-order chi connectivity index (χ0) is 12.9. The summed E-state index contributed by atoms with van der Waals surface area (Å²) in [7, 11) is 0. The van der Waals surface area contributed by atoms with Crippen LogP contribution < -0.4 is 10.6 Å².